The maximum atomic E-state index is 11.1. The minimum atomic E-state index is -0.744. The summed E-state index contributed by atoms with van der Waals surface area (Å²) in [6.45, 7) is 9.06. The number of rotatable bonds is 8. The van der Waals surface area contributed by atoms with Crippen molar-refractivity contribution in [1.82, 2.24) is 0 Å². The topological polar surface area (TPSA) is 50.9 Å². The van der Waals surface area contributed by atoms with Crippen LogP contribution in [0.3, 0.4) is 0 Å². The van der Waals surface area contributed by atoms with Crippen LogP contribution in [0.15, 0.2) is 12.0 Å². The van der Waals surface area contributed by atoms with Gasteiger partial charge in [0.1, 0.15) is 0 Å². The number of carbonyl (C=O) groups is 1. The van der Waals surface area contributed by atoms with Gasteiger partial charge in [-0.25, -0.2) is 4.85 Å². The highest BCUT2D eigenvalue weighted by molar-refractivity contribution is 5.89. The molecule has 0 spiro atoms. The number of esters is 1. The molecule has 0 aromatic heterocycles. The van der Waals surface area contributed by atoms with Gasteiger partial charge in [0, 0.05) is 0 Å². The molecule has 0 aromatic rings. The highest BCUT2D eigenvalue weighted by atomic mass is 16.5. The number of aliphatic hydroxyl groups excluding tert-OH is 1. The molecule has 1 N–H and O–H groups in total. The smallest absolute Gasteiger partial charge is 0.339 e. The SMILES string of the molecule is [C-]#[N+]C(=CO)C(=O)OCCCCCCCC. The second-order valence-electron chi connectivity index (χ2n) is 3.53. The molecule has 0 aliphatic rings. The summed E-state index contributed by atoms with van der Waals surface area (Å²) in [5, 5.41) is 8.52. The molecular weight excluding hydrogens is 206 g/mol. The molecule has 0 aliphatic heterocycles. The van der Waals surface area contributed by atoms with Crippen LogP contribution in [0.25, 0.3) is 4.85 Å². The molecule has 0 saturated heterocycles. The Morgan fingerprint density at radius 1 is 1.31 bits per heavy atom. The molecule has 0 amide bonds. The standard InChI is InChI=1S/C12H19NO3/c1-3-4-5-6-7-8-9-16-12(15)11(10-14)13-2/h10,14H,3-9H2,1H3. The van der Waals surface area contributed by atoms with Gasteiger partial charge < -0.3 is 9.84 Å². The van der Waals surface area contributed by atoms with Crippen molar-refractivity contribution in [2.24, 2.45) is 0 Å². The first kappa shape index (κ1) is 14.5. The Morgan fingerprint density at radius 2 is 1.94 bits per heavy atom. The number of hydrogen-bond donors (Lipinski definition) is 1. The average Bonchev–Trinajstić information content (AvgIpc) is 2.29. The van der Waals surface area contributed by atoms with Crippen molar-refractivity contribution in [3.63, 3.8) is 0 Å². The predicted octanol–water partition coefficient (Wildman–Crippen LogP) is 3.21. The van der Waals surface area contributed by atoms with Crippen molar-refractivity contribution in [3.05, 3.63) is 23.4 Å². The highest BCUT2D eigenvalue weighted by Crippen LogP contribution is 2.06. The quantitative estimate of drug-likeness (QED) is 0.227. The van der Waals surface area contributed by atoms with Crippen LogP contribution in [0.1, 0.15) is 45.4 Å². The fourth-order valence-corrected chi connectivity index (χ4v) is 1.25. The van der Waals surface area contributed by atoms with Crippen LogP contribution in [0.4, 0.5) is 0 Å². The minimum absolute atomic E-state index is 0.317. The Balaban J connectivity index is 3.46. The lowest BCUT2D eigenvalue weighted by Crippen LogP contribution is -2.07. The third-order valence-corrected chi connectivity index (χ3v) is 2.18. The summed E-state index contributed by atoms with van der Waals surface area (Å²) in [6.07, 6.45) is 7.15. The molecule has 0 rings (SSSR count). The third kappa shape index (κ3) is 6.88. The Labute approximate surface area is 96.7 Å². The zero-order chi connectivity index (χ0) is 12.2. The van der Waals surface area contributed by atoms with E-state index in [9.17, 15) is 4.79 Å². The van der Waals surface area contributed by atoms with E-state index in [0.717, 1.165) is 19.3 Å². The van der Waals surface area contributed by atoms with Gasteiger partial charge in [0.15, 0.2) is 0 Å². The Morgan fingerprint density at radius 3 is 2.50 bits per heavy atom. The number of aliphatic hydroxyl groups is 1. The first-order valence-corrected chi connectivity index (χ1v) is 5.65. The van der Waals surface area contributed by atoms with Crippen molar-refractivity contribution in [3.8, 4) is 0 Å². The lowest BCUT2D eigenvalue weighted by molar-refractivity contribution is -0.138. The summed E-state index contributed by atoms with van der Waals surface area (Å²) in [5.74, 6) is -0.744. The largest absolute Gasteiger partial charge is 0.526 e. The van der Waals surface area contributed by atoms with Crippen LogP contribution in [-0.4, -0.2) is 17.7 Å². The second-order valence-corrected chi connectivity index (χ2v) is 3.53. The van der Waals surface area contributed by atoms with Crippen molar-refractivity contribution in [2.75, 3.05) is 6.61 Å². The molecule has 4 nitrogen and oxygen atoms in total. The number of carbonyl (C=O) groups excluding carboxylic acids is 1. The van der Waals surface area contributed by atoms with Gasteiger partial charge in [0.05, 0.1) is 19.4 Å². The van der Waals surface area contributed by atoms with Crippen molar-refractivity contribution >= 4 is 5.97 Å². The van der Waals surface area contributed by atoms with E-state index in [1.165, 1.54) is 19.3 Å². The van der Waals surface area contributed by atoms with Gasteiger partial charge in [-0.2, -0.15) is 0 Å². The first-order valence-electron chi connectivity index (χ1n) is 5.65. The van der Waals surface area contributed by atoms with E-state index in [2.05, 4.69) is 11.8 Å². The molecule has 0 heterocycles. The summed E-state index contributed by atoms with van der Waals surface area (Å²) in [5.41, 5.74) is -0.369. The maximum absolute atomic E-state index is 11.1. The molecular formula is C12H19NO3. The van der Waals surface area contributed by atoms with Gasteiger partial charge in [-0.05, 0) is 6.42 Å². The molecule has 0 atom stereocenters. The van der Waals surface area contributed by atoms with E-state index in [1.54, 1.807) is 0 Å². The maximum Gasteiger partial charge on any atom is 0.339 e. The molecule has 0 aliphatic carbocycles. The molecule has 90 valence electrons. The van der Waals surface area contributed by atoms with Crippen LogP contribution in [-0.2, 0) is 9.53 Å². The molecule has 0 unspecified atom stereocenters. The Kier molecular flexibility index (Phi) is 9.09. The molecule has 0 aromatic carbocycles. The number of unbranched alkanes of at least 4 members (excludes halogenated alkanes) is 5. The predicted molar refractivity (Wildman–Crippen MR) is 61.6 cm³/mol. The fraction of sp³-hybridized carbons (Fsp3) is 0.667. The van der Waals surface area contributed by atoms with E-state index in [4.69, 9.17) is 16.4 Å². The van der Waals surface area contributed by atoms with Crippen molar-refractivity contribution < 1.29 is 14.6 Å². The molecule has 0 radical (unpaired) electrons. The monoisotopic (exact) mass is 225 g/mol. The molecule has 4 heteroatoms. The summed E-state index contributed by atoms with van der Waals surface area (Å²) in [6, 6.07) is 0. The highest BCUT2D eigenvalue weighted by Gasteiger charge is 2.10. The Hall–Kier alpha value is -1.50. The van der Waals surface area contributed by atoms with Crippen LogP contribution in [0.2, 0.25) is 0 Å². The van der Waals surface area contributed by atoms with Gasteiger partial charge >= 0.3 is 11.7 Å². The summed E-state index contributed by atoms with van der Waals surface area (Å²) < 4.78 is 4.81. The second kappa shape index (κ2) is 10.0. The number of hydrogen-bond acceptors (Lipinski definition) is 3. The first-order chi connectivity index (χ1) is 7.76. The van der Waals surface area contributed by atoms with Crippen molar-refractivity contribution in [1.29, 1.82) is 0 Å². The van der Waals surface area contributed by atoms with Crippen LogP contribution >= 0.6 is 0 Å². The summed E-state index contributed by atoms with van der Waals surface area (Å²) in [7, 11) is 0. The number of nitrogens with zero attached hydrogens (tertiary/aromatic N) is 1. The summed E-state index contributed by atoms with van der Waals surface area (Å²) >= 11 is 0. The van der Waals surface area contributed by atoms with Crippen LogP contribution < -0.4 is 0 Å². The third-order valence-electron chi connectivity index (χ3n) is 2.18. The molecule has 0 fully saturated rings. The zero-order valence-corrected chi connectivity index (χ0v) is 9.74. The molecule has 0 saturated carbocycles. The lowest BCUT2D eigenvalue weighted by Gasteiger charge is -2.03. The van der Waals surface area contributed by atoms with Gasteiger partial charge in [-0.3, -0.25) is 4.79 Å². The fourth-order valence-electron chi connectivity index (χ4n) is 1.25. The van der Waals surface area contributed by atoms with E-state index < -0.39 is 5.97 Å². The van der Waals surface area contributed by atoms with E-state index in [0.29, 0.717) is 12.9 Å². The van der Waals surface area contributed by atoms with Crippen molar-refractivity contribution in [2.45, 2.75) is 45.4 Å². The molecule has 0 bridgehead atoms. The number of ether oxygens (including phenoxy) is 1. The van der Waals surface area contributed by atoms with Gasteiger partial charge in [0.25, 0.3) is 0 Å². The van der Waals surface area contributed by atoms with Gasteiger partial charge in [0.2, 0.25) is 0 Å². The zero-order valence-electron chi connectivity index (χ0n) is 9.74. The summed E-state index contributed by atoms with van der Waals surface area (Å²) in [4.78, 5) is 13.9. The minimum Gasteiger partial charge on any atom is -0.526 e. The van der Waals surface area contributed by atoms with Crippen LogP contribution in [0.5, 0.6) is 0 Å². The molecule has 16 heavy (non-hydrogen) atoms. The average molecular weight is 225 g/mol. The van der Waals surface area contributed by atoms with E-state index >= 15 is 0 Å². The Bertz CT molecular complexity index is 266. The van der Waals surface area contributed by atoms with Gasteiger partial charge in [-0.15, -0.1) is 0 Å². The van der Waals surface area contributed by atoms with E-state index in [1.807, 2.05) is 0 Å². The van der Waals surface area contributed by atoms with Crippen LogP contribution in [0, 0.1) is 6.57 Å². The lowest BCUT2D eigenvalue weighted by atomic mass is 10.1. The van der Waals surface area contributed by atoms with Gasteiger partial charge in [-0.1, -0.05) is 39.0 Å². The van der Waals surface area contributed by atoms with E-state index in [-0.39, 0.29) is 5.70 Å². The normalized spacial score (nSPS) is 10.9.